The molecule has 0 fully saturated rings. The van der Waals surface area contributed by atoms with Crippen molar-refractivity contribution in [2.75, 3.05) is 5.73 Å². The van der Waals surface area contributed by atoms with E-state index in [9.17, 15) is 13.6 Å². The number of carbonyl (C=O) groups excluding carboxylic acids is 1. The summed E-state index contributed by atoms with van der Waals surface area (Å²) in [5.41, 5.74) is 9.88. The third-order valence-corrected chi connectivity index (χ3v) is 2.29. The van der Waals surface area contributed by atoms with Gasteiger partial charge in [0.2, 0.25) is 5.82 Å². The van der Waals surface area contributed by atoms with E-state index in [0.29, 0.717) is 0 Å². The number of pyridine rings is 1. The number of nitrogens with two attached hydrogens (primary N) is 2. The second kappa shape index (κ2) is 4.89. The standard InChI is InChI=1S/C12H9F2N3O2/c13-10-7(15)1-2-9(11(10)14)19-6-3-4-17-8(5-6)12(16)18/h1-5H,15H2,(H2,16,18). The molecular weight excluding hydrogens is 256 g/mol. The average Bonchev–Trinajstić information content (AvgIpc) is 2.40. The number of halogens is 2. The number of hydrogen-bond acceptors (Lipinski definition) is 4. The number of primary amides is 1. The molecule has 4 N–H and O–H groups in total. The van der Waals surface area contributed by atoms with Gasteiger partial charge in [-0.25, -0.2) is 4.39 Å². The highest BCUT2D eigenvalue weighted by molar-refractivity contribution is 5.91. The number of aromatic nitrogens is 1. The lowest BCUT2D eigenvalue weighted by Gasteiger charge is -2.08. The van der Waals surface area contributed by atoms with E-state index in [1.807, 2.05) is 0 Å². The van der Waals surface area contributed by atoms with Gasteiger partial charge in [0.15, 0.2) is 11.6 Å². The molecule has 0 aliphatic rings. The van der Waals surface area contributed by atoms with Crippen LogP contribution < -0.4 is 16.2 Å². The molecule has 1 aromatic carbocycles. The zero-order valence-corrected chi connectivity index (χ0v) is 9.56. The summed E-state index contributed by atoms with van der Waals surface area (Å²) in [4.78, 5) is 14.6. The van der Waals surface area contributed by atoms with Crippen molar-refractivity contribution in [1.82, 2.24) is 4.98 Å². The van der Waals surface area contributed by atoms with Crippen LogP contribution in [0.1, 0.15) is 10.5 Å². The lowest BCUT2D eigenvalue weighted by molar-refractivity contribution is 0.0995. The van der Waals surface area contributed by atoms with Crippen molar-refractivity contribution in [2.24, 2.45) is 5.73 Å². The maximum Gasteiger partial charge on any atom is 0.267 e. The van der Waals surface area contributed by atoms with Gasteiger partial charge in [0.1, 0.15) is 11.4 Å². The molecule has 0 unspecified atom stereocenters. The number of rotatable bonds is 3. The molecule has 0 bridgehead atoms. The Balaban J connectivity index is 2.34. The van der Waals surface area contributed by atoms with Crippen LogP contribution in [0.25, 0.3) is 0 Å². The number of ether oxygens (including phenoxy) is 1. The van der Waals surface area contributed by atoms with Crippen molar-refractivity contribution in [3.05, 3.63) is 47.8 Å². The Hall–Kier alpha value is -2.70. The van der Waals surface area contributed by atoms with Gasteiger partial charge in [-0.3, -0.25) is 9.78 Å². The monoisotopic (exact) mass is 265 g/mol. The van der Waals surface area contributed by atoms with Gasteiger partial charge in [0, 0.05) is 12.3 Å². The highest BCUT2D eigenvalue weighted by Crippen LogP contribution is 2.28. The predicted molar refractivity (Wildman–Crippen MR) is 63.6 cm³/mol. The van der Waals surface area contributed by atoms with E-state index in [1.165, 1.54) is 30.5 Å². The molecule has 1 aromatic heterocycles. The fourth-order valence-corrected chi connectivity index (χ4v) is 1.36. The first-order valence-electron chi connectivity index (χ1n) is 5.16. The van der Waals surface area contributed by atoms with E-state index in [4.69, 9.17) is 16.2 Å². The fourth-order valence-electron chi connectivity index (χ4n) is 1.36. The van der Waals surface area contributed by atoms with E-state index in [1.54, 1.807) is 0 Å². The minimum atomic E-state index is -1.21. The predicted octanol–water partition coefficient (Wildman–Crippen LogP) is 1.83. The van der Waals surface area contributed by atoms with E-state index in [2.05, 4.69) is 4.98 Å². The van der Waals surface area contributed by atoms with Crippen LogP contribution >= 0.6 is 0 Å². The summed E-state index contributed by atoms with van der Waals surface area (Å²) in [6.07, 6.45) is 1.26. The number of nitrogens with zero attached hydrogens (tertiary/aromatic N) is 1. The molecule has 0 saturated carbocycles. The van der Waals surface area contributed by atoms with E-state index in [-0.39, 0.29) is 22.9 Å². The Kier molecular flexibility index (Phi) is 3.28. The van der Waals surface area contributed by atoms with Crippen LogP contribution in [-0.4, -0.2) is 10.9 Å². The molecule has 0 spiro atoms. The highest BCUT2D eigenvalue weighted by Gasteiger charge is 2.14. The third-order valence-electron chi connectivity index (χ3n) is 2.29. The van der Waals surface area contributed by atoms with Gasteiger partial charge < -0.3 is 16.2 Å². The Morgan fingerprint density at radius 3 is 2.63 bits per heavy atom. The van der Waals surface area contributed by atoms with Crippen molar-refractivity contribution < 1.29 is 18.3 Å². The van der Waals surface area contributed by atoms with E-state index >= 15 is 0 Å². The van der Waals surface area contributed by atoms with Crippen LogP contribution in [0.5, 0.6) is 11.5 Å². The van der Waals surface area contributed by atoms with Crippen molar-refractivity contribution >= 4 is 11.6 Å². The molecule has 2 aromatic rings. The lowest BCUT2D eigenvalue weighted by Crippen LogP contribution is -2.12. The summed E-state index contributed by atoms with van der Waals surface area (Å²) >= 11 is 0. The minimum Gasteiger partial charge on any atom is -0.454 e. The van der Waals surface area contributed by atoms with Crippen LogP contribution in [0.2, 0.25) is 0 Å². The second-order valence-electron chi connectivity index (χ2n) is 3.62. The van der Waals surface area contributed by atoms with Crippen LogP contribution in [0, 0.1) is 11.6 Å². The first-order valence-corrected chi connectivity index (χ1v) is 5.16. The highest BCUT2D eigenvalue weighted by atomic mass is 19.2. The molecule has 0 aliphatic heterocycles. The van der Waals surface area contributed by atoms with Gasteiger partial charge in [-0.15, -0.1) is 0 Å². The zero-order valence-electron chi connectivity index (χ0n) is 9.56. The molecule has 2 rings (SSSR count). The summed E-state index contributed by atoms with van der Waals surface area (Å²) < 4.78 is 31.9. The summed E-state index contributed by atoms with van der Waals surface area (Å²) in [6.45, 7) is 0. The Morgan fingerprint density at radius 2 is 1.95 bits per heavy atom. The average molecular weight is 265 g/mol. The lowest BCUT2D eigenvalue weighted by atomic mass is 10.2. The molecule has 1 amide bonds. The fraction of sp³-hybridized carbons (Fsp3) is 0. The molecule has 0 radical (unpaired) electrons. The summed E-state index contributed by atoms with van der Waals surface area (Å²) in [5, 5.41) is 0. The molecule has 7 heteroatoms. The van der Waals surface area contributed by atoms with E-state index < -0.39 is 17.5 Å². The minimum absolute atomic E-state index is 0.0474. The molecule has 0 aliphatic carbocycles. The van der Waals surface area contributed by atoms with Crippen molar-refractivity contribution in [3.63, 3.8) is 0 Å². The van der Waals surface area contributed by atoms with Crippen molar-refractivity contribution in [1.29, 1.82) is 0 Å². The Labute approximate surface area is 106 Å². The molecule has 19 heavy (non-hydrogen) atoms. The van der Waals surface area contributed by atoms with Crippen molar-refractivity contribution in [2.45, 2.75) is 0 Å². The first kappa shape index (κ1) is 12.7. The third kappa shape index (κ3) is 2.59. The Bertz CT molecular complexity index is 647. The van der Waals surface area contributed by atoms with Crippen LogP contribution in [0.15, 0.2) is 30.5 Å². The summed E-state index contributed by atoms with van der Waals surface area (Å²) in [5.74, 6) is -3.41. The first-order chi connectivity index (χ1) is 8.99. The maximum atomic E-state index is 13.5. The van der Waals surface area contributed by atoms with Gasteiger partial charge in [-0.05, 0) is 18.2 Å². The number of nitrogen functional groups attached to an aromatic ring is 1. The van der Waals surface area contributed by atoms with Gasteiger partial charge in [-0.2, -0.15) is 4.39 Å². The zero-order chi connectivity index (χ0) is 14.0. The summed E-state index contributed by atoms with van der Waals surface area (Å²) in [6, 6.07) is 4.94. The van der Waals surface area contributed by atoms with Crippen LogP contribution in [-0.2, 0) is 0 Å². The molecular formula is C12H9F2N3O2. The normalized spacial score (nSPS) is 10.2. The summed E-state index contributed by atoms with van der Waals surface area (Å²) in [7, 11) is 0. The van der Waals surface area contributed by atoms with Gasteiger partial charge in [0.05, 0.1) is 5.69 Å². The number of carbonyl (C=O) groups is 1. The SMILES string of the molecule is NC(=O)c1cc(Oc2ccc(N)c(F)c2F)ccn1. The second-order valence-corrected chi connectivity index (χ2v) is 3.62. The topological polar surface area (TPSA) is 91.2 Å². The number of benzene rings is 1. The van der Waals surface area contributed by atoms with Crippen molar-refractivity contribution in [3.8, 4) is 11.5 Å². The van der Waals surface area contributed by atoms with E-state index in [0.717, 1.165) is 0 Å². The van der Waals surface area contributed by atoms with Gasteiger partial charge >= 0.3 is 0 Å². The Morgan fingerprint density at radius 1 is 1.21 bits per heavy atom. The molecule has 0 atom stereocenters. The maximum absolute atomic E-state index is 13.5. The van der Waals surface area contributed by atoms with Gasteiger partial charge in [0.25, 0.3) is 5.91 Å². The number of anilines is 1. The largest absolute Gasteiger partial charge is 0.454 e. The molecule has 1 heterocycles. The number of amides is 1. The molecule has 5 nitrogen and oxygen atoms in total. The van der Waals surface area contributed by atoms with Crippen LogP contribution in [0.3, 0.4) is 0 Å². The number of hydrogen-bond donors (Lipinski definition) is 2. The molecule has 98 valence electrons. The molecule has 0 saturated heterocycles. The smallest absolute Gasteiger partial charge is 0.267 e. The van der Waals surface area contributed by atoms with Crippen LogP contribution in [0.4, 0.5) is 14.5 Å². The quantitative estimate of drug-likeness (QED) is 0.828. The van der Waals surface area contributed by atoms with Gasteiger partial charge in [-0.1, -0.05) is 0 Å².